The van der Waals surface area contributed by atoms with Crippen LogP contribution < -0.4 is 5.32 Å². The van der Waals surface area contributed by atoms with Crippen LogP contribution in [0.5, 0.6) is 0 Å². The number of alkyl halides is 1. The van der Waals surface area contributed by atoms with E-state index in [-0.39, 0.29) is 46.7 Å². The van der Waals surface area contributed by atoms with E-state index in [4.69, 9.17) is 4.74 Å². The lowest BCUT2D eigenvalue weighted by atomic mass is 9.54. The fraction of sp³-hybridized carbons (Fsp3) is 0.581. The van der Waals surface area contributed by atoms with E-state index in [1.165, 1.54) is 18.1 Å². The summed E-state index contributed by atoms with van der Waals surface area (Å²) in [4.78, 5) is 39.4. The first-order valence-electron chi connectivity index (χ1n) is 14.1. The van der Waals surface area contributed by atoms with Crippen LogP contribution in [0.1, 0.15) is 32.3 Å². The minimum atomic E-state index is -1.45. The summed E-state index contributed by atoms with van der Waals surface area (Å²) in [5, 5.41) is 3.34. The summed E-state index contributed by atoms with van der Waals surface area (Å²) in [7, 11) is -1.45. The van der Waals surface area contributed by atoms with Gasteiger partial charge in [-0.15, -0.1) is 11.8 Å². The Morgan fingerprint density at radius 2 is 1.97 bits per heavy atom. The lowest BCUT2D eigenvalue weighted by Gasteiger charge is -2.52. The Labute approximate surface area is 252 Å². The van der Waals surface area contributed by atoms with Gasteiger partial charge in [-0.3, -0.25) is 14.4 Å². The minimum Gasteiger partial charge on any atom is -0.460 e. The number of carbonyl (C=O) groups is 3. The summed E-state index contributed by atoms with van der Waals surface area (Å²) in [5.41, 5.74) is 1.68. The number of thioether (sulfide) groups is 1. The van der Waals surface area contributed by atoms with E-state index in [9.17, 15) is 14.4 Å². The first-order valence-corrected chi connectivity index (χ1v) is 20.3. The Morgan fingerprint density at radius 1 is 1.26 bits per heavy atom. The van der Waals surface area contributed by atoms with Crippen LogP contribution in [-0.2, 0) is 25.5 Å². The second kappa shape index (κ2) is 12.6. The summed E-state index contributed by atoms with van der Waals surface area (Å²) in [6, 6.07) is 11.3. The van der Waals surface area contributed by atoms with E-state index in [1.807, 2.05) is 18.2 Å². The number of rotatable bonds is 9. The van der Waals surface area contributed by atoms with Gasteiger partial charge in [0.15, 0.2) is 0 Å². The van der Waals surface area contributed by atoms with Crippen molar-refractivity contribution < 1.29 is 19.1 Å². The van der Waals surface area contributed by atoms with Crippen LogP contribution in [0.25, 0.3) is 0 Å². The predicted molar refractivity (Wildman–Crippen MR) is 171 cm³/mol. The number of ketones is 1. The van der Waals surface area contributed by atoms with Gasteiger partial charge in [0.2, 0.25) is 5.91 Å². The molecule has 39 heavy (non-hydrogen) atoms. The Hall–Kier alpha value is -1.39. The third-order valence-electron chi connectivity index (χ3n) is 8.50. The molecule has 0 saturated carbocycles. The summed E-state index contributed by atoms with van der Waals surface area (Å²) >= 11 is 3.90. The average Bonchev–Trinajstić information content (AvgIpc) is 3.16. The van der Waals surface area contributed by atoms with Crippen molar-refractivity contribution in [2.75, 3.05) is 10.2 Å². The molecule has 5 nitrogen and oxygen atoms in total. The highest BCUT2D eigenvalue weighted by Gasteiger charge is 2.67. The molecule has 2 fully saturated rings. The second-order valence-corrected chi connectivity index (χ2v) is 20.1. The number of nitrogens with one attached hydrogen (secondary N) is 1. The fourth-order valence-electron chi connectivity index (χ4n) is 7.11. The number of benzene rings is 1. The molecular weight excluding hydrogens is 637 g/mol. The molecule has 2 heterocycles. The van der Waals surface area contributed by atoms with E-state index in [0.717, 1.165) is 16.9 Å². The summed E-state index contributed by atoms with van der Waals surface area (Å²) in [5.74, 6) is 0.152. The third-order valence-corrected chi connectivity index (χ3v) is 11.9. The maximum absolute atomic E-state index is 14.5. The van der Waals surface area contributed by atoms with E-state index in [1.54, 1.807) is 11.8 Å². The highest BCUT2D eigenvalue weighted by Crippen LogP contribution is 2.59. The van der Waals surface area contributed by atoms with Crippen LogP contribution in [0.15, 0.2) is 54.1 Å². The van der Waals surface area contributed by atoms with Gasteiger partial charge in [-0.05, 0) is 30.4 Å². The summed E-state index contributed by atoms with van der Waals surface area (Å²) < 4.78 is 7.08. The maximum atomic E-state index is 14.5. The predicted octanol–water partition coefficient (Wildman–Crippen LogP) is 6.25. The van der Waals surface area contributed by atoms with Gasteiger partial charge in [-0.25, -0.2) is 0 Å². The highest BCUT2D eigenvalue weighted by molar-refractivity contribution is 14.1. The largest absolute Gasteiger partial charge is 0.460 e. The van der Waals surface area contributed by atoms with Crippen LogP contribution in [0.2, 0.25) is 25.7 Å². The molecule has 1 aliphatic carbocycles. The zero-order valence-corrected chi connectivity index (χ0v) is 27.7. The van der Waals surface area contributed by atoms with Crippen molar-refractivity contribution in [1.29, 1.82) is 0 Å². The standard InChI is InChI=1S/C31H42INO4SSi/c1-20-23(19-39(3,4)5)17-24(12-9-15-32)31(29(37-21(2)34)27-14-13-25(35)18-38-27)28(20)26(33-30(31)36)16-22-10-7-6-8-11-22/h6-12,17,20,24,26-29H,13-16,18-19H2,1-5H3,(H,33,36)/b12-9+/t20-,24+,26?,27?,28?,29?,31?/m1/s1. The molecule has 2 saturated heterocycles. The molecule has 1 aromatic rings. The Balaban J connectivity index is 1.91. The smallest absolute Gasteiger partial charge is 0.302 e. The van der Waals surface area contributed by atoms with Crippen molar-refractivity contribution in [2.45, 2.75) is 76.2 Å². The zero-order valence-electron chi connectivity index (χ0n) is 23.7. The molecule has 0 radical (unpaired) electrons. The zero-order chi connectivity index (χ0) is 28.4. The molecule has 1 amide bonds. The van der Waals surface area contributed by atoms with E-state index in [2.05, 4.69) is 84.8 Å². The number of hydrogen-bond acceptors (Lipinski definition) is 5. The lowest BCUT2D eigenvalue weighted by molar-refractivity contribution is -0.164. The first-order chi connectivity index (χ1) is 18.5. The number of hydrogen-bond donors (Lipinski definition) is 1. The molecule has 8 heteroatoms. The number of amides is 1. The van der Waals surface area contributed by atoms with Gasteiger partial charge >= 0.3 is 5.97 Å². The first kappa shape index (κ1) is 30.6. The SMILES string of the molecule is CC(=O)OC(C1CCC(=O)CS1)C12C(=O)NC(Cc3ccccc3)C1[C@H](C)C(C[Si](C)(C)C)=C[C@@H]2/C=C/CI. The number of ether oxygens (including phenoxy) is 1. The lowest BCUT2D eigenvalue weighted by Crippen LogP contribution is -2.59. The summed E-state index contributed by atoms with van der Waals surface area (Å²) in [6.07, 6.45) is 7.88. The minimum absolute atomic E-state index is 0.0181. The van der Waals surface area contributed by atoms with Crippen molar-refractivity contribution in [3.63, 3.8) is 0 Å². The molecule has 212 valence electrons. The van der Waals surface area contributed by atoms with Gasteiger partial charge in [-0.1, -0.05) is 103 Å². The van der Waals surface area contributed by atoms with Gasteiger partial charge in [-0.2, -0.15) is 0 Å². The quantitative estimate of drug-likeness (QED) is 0.110. The highest BCUT2D eigenvalue weighted by atomic mass is 127. The topological polar surface area (TPSA) is 72.5 Å². The second-order valence-electron chi connectivity index (χ2n) is 12.6. The molecule has 0 aromatic heterocycles. The van der Waals surface area contributed by atoms with Gasteiger partial charge < -0.3 is 10.1 Å². The maximum Gasteiger partial charge on any atom is 0.302 e. The van der Waals surface area contributed by atoms with E-state index < -0.39 is 19.6 Å². The number of halogens is 1. The van der Waals surface area contributed by atoms with Crippen LogP contribution >= 0.6 is 34.4 Å². The van der Waals surface area contributed by atoms with Crippen molar-refractivity contribution in [3.8, 4) is 0 Å². The number of allylic oxidation sites excluding steroid dienone is 4. The Bertz CT molecular complexity index is 1120. The van der Waals surface area contributed by atoms with Gasteiger partial charge in [0.25, 0.3) is 0 Å². The number of Topliss-reactive ketones (excluding diaryl/α,β-unsaturated/α-hetero) is 1. The Morgan fingerprint density at radius 3 is 2.56 bits per heavy atom. The van der Waals surface area contributed by atoms with Crippen LogP contribution in [0, 0.1) is 23.2 Å². The van der Waals surface area contributed by atoms with Crippen molar-refractivity contribution in [1.82, 2.24) is 5.32 Å². The van der Waals surface area contributed by atoms with Gasteiger partial charge in [0.05, 0.1) is 5.75 Å². The fourth-order valence-corrected chi connectivity index (χ4v) is 10.4. The Kier molecular flexibility index (Phi) is 9.90. The molecule has 1 aromatic carbocycles. The molecule has 3 aliphatic rings. The van der Waals surface area contributed by atoms with E-state index in [0.29, 0.717) is 18.6 Å². The molecular formula is C31H42INO4SSi. The van der Waals surface area contributed by atoms with Crippen LogP contribution in [0.3, 0.4) is 0 Å². The van der Waals surface area contributed by atoms with Crippen LogP contribution in [0.4, 0.5) is 0 Å². The third kappa shape index (κ3) is 6.58. The monoisotopic (exact) mass is 679 g/mol. The number of carbonyl (C=O) groups excluding carboxylic acids is 3. The van der Waals surface area contributed by atoms with Crippen molar-refractivity contribution in [2.24, 2.45) is 23.2 Å². The molecule has 4 rings (SSSR count). The normalized spacial score (nSPS) is 31.9. The average molecular weight is 680 g/mol. The molecule has 5 unspecified atom stereocenters. The van der Waals surface area contributed by atoms with Crippen molar-refractivity contribution in [3.05, 3.63) is 59.7 Å². The van der Waals surface area contributed by atoms with Crippen molar-refractivity contribution >= 4 is 60.1 Å². The molecule has 2 aliphatic heterocycles. The number of esters is 1. The van der Waals surface area contributed by atoms with Gasteiger partial charge in [0.1, 0.15) is 17.3 Å². The molecule has 1 N–H and O–H groups in total. The van der Waals surface area contributed by atoms with Gasteiger partial charge in [0, 0.05) is 49.0 Å². The van der Waals surface area contributed by atoms with Crippen LogP contribution in [-0.4, -0.2) is 53.3 Å². The number of fused-ring (bicyclic) bond motifs is 1. The van der Waals surface area contributed by atoms with E-state index >= 15 is 0 Å². The summed E-state index contributed by atoms with van der Waals surface area (Å²) in [6.45, 7) is 10.9. The molecule has 0 bridgehead atoms. The molecule has 7 atom stereocenters. The molecule has 0 spiro atoms.